The Morgan fingerprint density at radius 2 is 2.20 bits per heavy atom. The van der Waals surface area contributed by atoms with Crippen LogP contribution in [0.4, 0.5) is 0 Å². The molecule has 2 N–H and O–H groups in total. The third-order valence-electron chi connectivity index (χ3n) is 2.24. The topological polar surface area (TPSA) is 43.8 Å². The van der Waals surface area contributed by atoms with Crippen LogP contribution in [0.1, 0.15) is 11.3 Å². The zero-order chi connectivity index (χ0) is 10.8. The molecule has 0 atom stereocenters. The SMILES string of the molecule is Cc1ccn(-c2cc(Cl)ccc2CN)n1. The minimum atomic E-state index is 0.478. The van der Waals surface area contributed by atoms with Crippen molar-refractivity contribution in [2.45, 2.75) is 13.5 Å². The van der Waals surface area contributed by atoms with E-state index in [1.165, 1.54) is 0 Å². The molecule has 2 rings (SSSR count). The van der Waals surface area contributed by atoms with Crippen molar-refractivity contribution >= 4 is 11.6 Å². The molecular formula is C11H12ClN3. The summed E-state index contributed by atoms with van der Waals surface area (Å²) in [4.78, 5) is 0. The lowest BCUT2D eigenvalue weighted by Gasteiger charge is -2.07. The zero-order valence-corrected chi connectivity index (χ0v) is 9.20. The van der Waals surface area contributed by atoms with Crippen LogP contribution in [-0.4, -0.2) is 9.78 Å². The van der Waals surface area contributed by atoms with Crippen LogP contribution in [-0.2, 0) is 6.54 Å². The van der Waals surface area contributed by atoms with Crippen molar-refractivity contribution in [3.63, 3.8) is 0 Å². The number of aromatic nitrogens is 2. The minimum Gasteiger partial charge on any atom is -0.326 e. The van der Waals surface area contributed by atoms with Gasteiger partial charge >= 0.3 is 0 Å². The molecule has 1 aromatic heterocycles. The van der Waals surface area contributed by atoms with E-state index in [1.807, 2.05) is 37.4 Å². The van der Waals surface area contributed by atoms with Crippen molar-refractivity contribution in [3.8, 4) is 5.69 Å². The number of nitrogens with two attached hydrogens (primary N) is 1. The fourth-order valence-electron chi connectivity index (χ4n) is 1.47. The van der Waals surface area contributed by atoms with Gasteiger partial charge in [0.2, 0.25) is 0 Å². The third-order valence-corrected chi connectivity index (χ3v) is 2.47. The van der Waals surface area contributed by atoms with Crippen LogP contribution in [0.5, 0.6) is 0 Å². The van der Waals surface area contributed by atoms with E-state index in [9.17, 15) is 0 Å². The number of rotatable bonds is 2. The predicted molar refractivity (Wildman–Crippen MR) is 61.2 cm³/mol. The molecule has 1 heterocycles. The first kappa shape index (κ1) is 10.2. The highest BCUT2D eigenvalue weighted by Crippen LogP contribution is 2.19. The molecule has 15 heavy (non-hydrogen) atoms. The number of nitrogens with zero attached hydrogens (tertiary/aromatic N) is 2. The van der Waals surface area contributed by atoms with Gasteiger partial charge in [-0.2, -0.15) is 5.10 Å². The van der Waals surface area contributed by atoms with Crippen LogP contribution >= 0.6 is 11.6 Å². The Kier molecular flexibility index (Phi) is 2.75. The largest absolute Gasteiger partial charge is 0.326 e. The molecule has 4 heteroatoms. The second kappa shape index (κ2) is 4.04. The second-order valence-electron chi connectivity index (χ2n) is 3.38. The Bertz CT molecular complexity index is 476. The molecule has 0 radical (unpaired) electrons. The van der Waals surface area contributed by atoms with E-state index < -0.39 is 0 Å². The molecule has 0 aliphatic carbocycles. The molecule has 0 fully saturated rings. The van der Waals surface area contributed by atoms with Crippen LogP contribution in [0.2, 0.25) is 5.02 Å². The highest BCUT2D eigenvalue weighted by atomic mass is 35.5. The molecule has 0 aliphatic heterocycles. The molecule has 0 aliphatic rings. The minimum absolute atomic E-state index is 0.478. The van der Waals surface area contributed by atoms with Crippen molar-refractivity contribution < 1.29 is 0 Å². The van der Waals surface area contributed by atoms with E-state index >= 15 is 0 Å². The molecule has 0 spiro atoms. The molecule has 1 aromatic carbocycles. The lowest BCUT2D eigenvalue weighted by atomic mass is 10.2. The van der Waals surface area contributed by atoms with Crippen molar-refractivity contribution in [2.24, 2.45) is 5.73 Å². The number of aryl methyl sites for hydroxylation is 1. The number of hydrogen-bond donors (Lipinski definition) is 1. The van der Waals surface area contributed by atoms with E-state index in [2.05, 4.69) is 5.10 Å². The fraction of sp³-hybridized carbons (Fsp3) is 0.182. The summed E-state index contributed by atoms with van der Waals surface area (Å²) in [5.41, 5.74) is 8.60. The highest BCUT2D eigenvalue weighted by molar-refractivity contribution is 6.30. The van der Waals surface area contributed by atoms with Crippen molar-refractivity contribution in [1.29, 1.82) is 0 Å². The summed E-state index contributed by atoms with van der Waals surface area (Å²) in [6.07, 6.45) is 1.90. The van der Waals surface area contributed by atoms with E-state index in [4.69, 9.17) is 17.3 Å². The third kappa shape index (κ3) is 2.03. The Morgan fingerprint density at radius 3 is 2.80 bits per heavy atom. The van der Waals surface area contributed by atoms with Gasteiger partial charge in [0.15, 0.2) is 0 Å². The maximum absolute atomic E-state index is 5.95. The standard InChI is InChI=1S/C11H12ClN3/c1-8-4-5-15(14-8)11-6-10(12)3-2-9(11)7-13/h2-6H,7,13H2,1H3. The van der Waals surface area contributed by atoms with Gasteiger partial charge in [0, 0.05) is 17.8 Å². The van der Waals surface area contributed by atoms with Crippen LogP contribution in [0.3, 0.4) is 0 Å². The van der Waals surface area contributed by atoms with Crippen molar-refractivity contribution in [3.05, 3.63) is 46.7 Å². The van der Waals surface area contributed by atoms with Crippen LogP contribution < -0.4 is 5.73 Å². The predicted octanol–water partition coefficient (Wildman–Crippen LogP) is 2.29. The summed E-state index contributed by atoms with van der Waals surface area (Å²) < 4.78 is 1.80. The van der Waals surface area contributed by atoms with Crippen LogP contribution in [0.25, 0.3) is 5.69 Å². The van der Waals surface area contributed by atoms with Gasteiger partial charge in [0.1, 0.15) is 0 Å². The van der Waals surface area contributed by atoms with Gasteiger partial charge in [-0.15, -0.1) is 0 Å². The molecule has 2 aromatic rings. The van der Waals surface area contributed by atoms with Crippen molar-refractivity contribution in [1.82, 2.24) is 9.78 Å². The summed E-state index contributed by atoms with van der Waals surface area (Å²) in [5, 5.41) is 5.02. The number of benzene rings is 1. The van der Waals surface area contributed by atoms with Gasteiger partial charge in [0.05, 0.1) is 11.4 Å². The highest BCUT2D eigenvalue weighted by Gasteiger charge is 2.05. The van der Waals surface area contributed by atoms with Gasteiger partial charge in [-0.25, -0.2) is 4.68 Å². The second-order valence-corrected chi connectivity index (χ2v) is 3.82. The molecule has 0 bridgehead atoms. The first-order valence-electron chi connectivity index (χ1n) is 4.72. The van der Waals surface area contributed by atoms with Gasteiger partial charge in [-0.3, -0.25) is 0 Å². The summed E-state index contributed by atoms with van der Waals surface area (Å²) in [6.45, 7) is 2.43. The van der Waals surface area contributed by atoms with E-state index in [0.717, 1.165) is 16.9 Å². The number of hydrogen-bond acceptors (Lipinski definition) is 2. The molecule has 0 unspecified atom stereocenters. The Hall–Kier alpha value is -1.32. The van der Waals surface area contributed by atoms with E-state index in [-0.39, 0.29) is 0 Å². The van der Waals surface area contributed by atoms with Gasteiger partial charge in [-0.1, -0.05) is 17.7 Å². The van der Waals surface area contributed by atoms with Crippen LogP contribution in [0, 0.1) is 6.92 Å². The summed E-state index contributed by atoms with van der Waals surface area (Å²) in [6, 6.07) is 7.58. The summed E-state index contributed by atoms with van der Waals surface area (Å²) in [5.74, 6) is 0. The Balaban J connectivity index is 2.55. The smallest absolute Gasteiger partial charge is 0.0705 e. The Labute approximate surface area is 93.5 Å². The monoisotopic (exact) mass is 221 g/mol. The normalized spacial score (nSPS) is 10.6. The summed E-state index contributed by atoms with van der Waals surface area (Å²) >= 11 is 5.95. The van der Waals surface area contributed by atoms with Gasteiger partial charge in [-0.05, 0) is 30.7 Å². The first-order valence-corrected chi connectivity index (χ1v) is 5.09. The Morgan fingerprint density at radius 1 is 1.40 bits per heavy atom. The maximum atomic E-state index is 5.95. The molecule has 0 saturated heterocycles. The average molecular weight is 222 g/mol. The van der Waals surface area contributed by atoms with Gasteiger partial charge in [0.25, 0.3) is 0 Å². The lowest BCUT2D eigenvalue weighted by molar-refractivity contribution is 0.844. The van der Waals surface area contributed by atoms with Gasteiger partial charge < -0.3 is 5.73 Å². The zero-order valence-electron chi connectivity index (χ0n) is 8.44. The quantitative estimate of drug-likeness (QED) is 0.846. The van der Waals surface area contributed by atoms with Crippen LogP contribution in [0.15, 0.2) is 30.5 Å². The maximum Gasteiger partial charge on any atom is 0.0705 e. The number of halogens is 1. The lowest BCUT2D eigenvalue weighted by Crippen LogP contribution is -2.05. The molecule has 0 amide bonds. The average Bonchev–Trinajstić information content (AvgIpc) is 2.65. The molecular weight excluding hydrogens is 210 g/mol. The fourth-order valence-corrected chi connectivity index (χ4v) is 1.64. The first-order chi connectivity index (χ1) is 7.20. The molecule has 0 saturated carbocycles. The molecule has 78 valence electrons. The van der Waals surface area contributed by atoms with E-state index in [0.29, 0.717) is 11.6 Å². The molecule has 3 nitrogen and oxygen atoms in total. The van der Waals surface area contributed by atoms with E-state index in [1.54, 1.807) is 4.68 Å². The van der Waals surface area contributed by atoms with Crippen molar-refractivity contribution in [2.75, 3.05) is 0 Å². The summed E-state index contributed by atoms with van der Waals surface area (Å²) in [7, 11) is 0.